The lowest BCUT2D eigenvalue weighted by Crippen LogP contribution is -2.18. The first kappa shape index (κ1) is 12.0. The second kappa shape index (κ2) is 5.26. The summed E-state index contributed by atoms with van der Waals surface area (Å²) in [5, 5.41) is 0. The molecule has 0 nitrogen and oxygen atoms in total. The van der Waals surface area contributed by atoms with Gasteiger partial charge in [-0.25, -0.2) is 8.78 Å². The van der Waals surface area contributed by atoms with Crippen molar-refractivity contribution < 1.29 is 8.78 Å². The van der Waals surface area contributed by atoms with E-state index in [1.165, 1.54) is 24.6 Å². The van der Waals surface area contributed by atoms with E-state index in [1.807, 2.05) is 0 Å². The second-order valence-electron chi connectivity index (χ2n) is 4.53. The van der Waals surface area contributed by atoms with E-state index in [2.05, 4.69) is 15.9 Å². The first-order chi connectivity index (χ1) is 7.66. The lowest BCUT2D eigenvalue weighted by Gasteiger charge is -2.25. The van der Waals surface area contributed by atoms with E-state index in [-0.39, 0.29) is 5.56 Å². The number of rotatable bonds is 2. The molecule has 0 amide bonds. The lowest BCUT2D eigenvalue weighted by atomic mass is 9.84. The highest BCUT2D eigenvalue weighted by Gasteiger charge is 2.22. The Morgan fingerprint density at radius 2 is 1.88 bits per heavy atom. The van der Waals surface area contributed by atoms with Crippen molar-refractivity contribution in [1.82, 2.24) is 0 Å². The van der Waals surface area contributed by atoms with Gasteiger partial charge in [0.2, 0.25) is 0 Å². The number of hydrogen-bond acceptors (Lipinski definition) is 0. The van der Waals surface area contributed by atoms with Crippen LogP contribution in [0.15, 0.2) is 18.2 Å². The topological polar surface area (TPSA) is 0 Å². The molecular formula is C13H15BrF2. The molecule has 3 heteroatoms. The minimum Gasteiger partial charge on any atom is -0.207 e. The van der Waals surface area contributed by atoms with Gasteiger partial charge in [-0.1, -0.05) is 34.8 Å². The maximum Gasteiger partial charge on any atom is 0.129 e. The average Bonchev–Trinajstić information content (AvgIpc) is 2.24. The molecule has 0 N–H and O–H groups in total. The molecule has 88 valence electrons. The van der Waals surface area contributed by atoms with Crippen molar-refractivity contribution in [2.75, 3.05) is 0 Å². The molecule has 1 aromatic rings. The van der Waals surface area contributed by atoms with Gasteiger partial charge in [-0.2, -0.15) is 0 Å². The van der Waals surface area contributed by atoms with Crippen LogP contribution in [0, 0.1) is 17.6 Å². The molecule has 0 bridgehead atoms. The summed E-state index contributed by atoms with van der Waals surface area (Å²) in [4.78, 5) is 0.515. The monoisotopic (exact) mass is 288 g/mol. The molecule has 0 aliphatic heterocycles. The zero-order valence-electron chi connectivity index (χ0n) is 9.06. The maximum atomic E-state index is 13.5. The molecule has 1 fully saturated rings. The average molecular weight is 289 g/mol. The summed E-state index contributed by atoms with van der Waals surface area (Å²) in [5.41, 5.74) is 0.258. The van der Waals surface area contributed by atoms with E-state index in [9.17, 15) is 8.78 Å². The standard InChI is InChI=1S/C13H15BrF2/c14-10-4-1-3-9(7-10)8-11-12(15)5-2-6-13(11)16/h2,5-6,9-10H,1,3-4,7-8H2. The summed E-state index contributed by atoms with van der Waals surface area (Å²) in [5.74, 6) is -0.405. The zero-order chi connectivity index (χ0) is 11.5. The Kier molecular flexibility index (Phi) is 3.95. The van der Waals surface area contributed by atoms with Gasteiger partial charge in [0.25, 0.3) is 0 Å². The maximum absolute atomic E-state index is 13.5. The van der Waals surface area contributed by atoms with Crippen LogP contribution in [0.5, 0.6) is 0 Å². The summed E-state index contributed by atoms with van der Waals surface area (Å²) in [7, 11) is 0. The third-order valence-corrected chi connectivity index (χ3v) is 4.10. The van der Waals surface area contributed by atoms with Crippen molar-refractivity contribution in [2.45, 2.75) is 36.9 Å². The number of halogens is 3. The molecule has 0 radical (unpaired) electrons. The molecule has 0 heterocycles. The third-order valence-electron chi connectivity index (χ3n) is 3.27. The highest BCUT2D eigenvalue weighted by atomic mass is 79.9. The van der Waals surface area contributed by atoms with Gasteiger partial charge >= 0.3 is 0 Å². The van der Waals surface area contributed by atoms with E-state index >= 15 is 0 Å². The van der Waals surface area contributed by atoms with Crippen LogP contribution in [0.25, 0.3) is 0 Å². The minimum atomic E-state index is -0.406. The van der Waals surface area contributed by atoms with Gasteiger partial charge in [0.15, 0.2) is 0 Å². The smallest absolute Gasteiger partial charge is 0.129 e. The molecule has 1 saturated carbocycles. The van der Waals surface area contributed by atoms with Gasteiger partial charge in [0, 0.05) is 10.4 Å². The fraction of sp³-hybridized carbons (Fsp3) is 0.538. The second-order valence-corrected chi connectivity index (χ2v) is 5.83. The highest BCUT2D eigenvalue weighted by Crippen LogP contribution is 2.32. The summed E-state index contributed by atoms with van der Waals surface area (Å²) in [6, 6.07) is 4.10. The molecule has 1 aromatic carbocycles. The van der Waals surface area contributed by atoms with Crippen LogP contribution in [0.3, 0.4) is 0 Å². The molecule has 0 saturated heterocycles. The largest absolute Gasteiger partial charge is 0.207 e. The molecule has 0 aromatic heterocycles. The van der Waals surface area contributed by atoms with E-state index in [1.54, 1.807) is 0 Å². The molecular weight excluding hydrogens is 274 g/mol. The molecule has 2 atom stereocenters. The molecule has 2 rings (SSSR count). The number of benzene rings is 1. The van der Waals surface area contributed by atoms with E-state index in [0.29, 0.717) is 17.2 Å². The summed E-state index contributed by atoms with van der Waals surface area (Å²) in [6.45, 7) is 0. The fourth-order valence-electron chi connectivity index (χ4n) is 2.43. The van der Waals surface area contributed by atoms with Crippen molar-refractivity contribution in [3.63, 3.8) is 0 Å². The van der Waals surface area contributed by atoms with E-state index in [0.717, 1.165) is 19.3 Å². The minimum absolute atomic E-state index is 0.258. The van der Waals surface area contributed by atoms with E-state index < -0.39 is 11.6 Å². The van der Waals surface area contributed by atoms with Crippen LogP contribution in [-0.4, -0.2) is 4.83 Å². The predicted molar refractivity (Wildman–Crippen MR) is 64.7 cm³/mol. The Hall–Kier alpha value is -0.440. The Morgan fingerprint density at radius 3 is 2.50 bits per heavy atom. The zero-order valence-corrected chi connectivity index (χ0v) is 10.6. The van der Waals surface area contributed by atoms with Crippen LogP contribution >= 0.6 is 15.9 Å². The van der Waals surface area contributed by atoms with Crippen LogP contribution in [-0.2, 0) is 6.42 Å². The Balaban J connectivity index is 2.08. The SMILES string of the molecule is Fc1cccc(F)c1CC1CCCC(Br)C1. The van der Waals surface area contributed by atoms with Gasteiger partial charge in [-0.3, -0.25) is 0 Å². The van der Waals surface area contributed by atoms with Crippen LogP contribution in [0.1, 0.15) is 31.2 Å². The van der Waals surface area contributed by atoms with E-state index in [4.69, 9.17) is 0 Å². The third kappa shape index (κ3) is 2.82. The molecule has 1 aliphatic rings. The van der Waals surface area contributed by atoms with Gasteiger partial charge in [-0.15, -0.1) is 0 Å². The first-order valence-corrected chi connectivity index (χ1v) is 6.65. The molecule has 16 heavy (non-hydrogen) atoms. The van der Waals surface area contributed by atoms with Crippen molar-refractivity contribution in [3.05, 3.63) is 35.4 Å². The van der Waals surface area contributed by atoms with Crippen molar-refractivity contribution in [2.24, 2.45) is 5.92 Å². The number of alkyl halides is 1. The number of hydrogen-bond donors (Lipinski definition) is 0. The van der Waals surface area contributed by atoms with Gasteiger partial charge in [0.05, 0.1) is 0 Å². The van der Waals surface area contributed by atoms with Crippen LogP contribution in [0.4, 0.5) is 8.78 Å². The Bertz CT molecular complexity index is 345. The summed E-state index contributed by atoms with van der Waals surface area (Å²) < 4.78 is 26.9. The Labute approximate surface area is 103 Å². The van der Waals surface area contributed by atoms with Gasteiger partial charge in [0.1, 0.15) is 11.6 Å². The summed E-state index contributed by atoms with van der Waals surface area (Å²) in [6.07, 6.45) is 4.96. The Morgan fingerprint density at radius 1 is 1.19 bits per heavy atom. The fourth-order valence-corrected chi connectivity index (χ4v) is 3.28. The van der Waals surface area contributed by atoms with Crippen molar-refractivity contribution >= 4 is 15.9 Å². The molecule has 1 aliphatic carbocycles. The lowest BCUT2D eigenvalue weighted by molar-refractivity contribution is 0.358. The predicted octanol–water partition coefficient (Wildman–Crippen LogP) is 4.46. The molecule has 0 spiro atoms. The summed E-state index contributed by atoms with van der Waals surface area (Å²) >= 11 is 3.59. The van der Waals surface area contributed by atoms with Crippen molar-refractivity contribution in [1.29, 1.82) is 0 Å². The molecule has 2 unspecified atom stereocenters. The van der Waals surface area contributed by atoms with Gasteiger partial charge < -0.3 is 0 Å². The van der Waals surface area contributed by atoms with Crippen molar-refractivity contribution in [3.8, 4) is 0 Å². The highest BCUT2D eigenvalue weighted by molar-refractivity contribution is 9.09. The quantitative estimate of drug-likeness (QED) is 0.705. The normalized spacial score (nSPS) is 25.7. The van der Waals surface area contributed by atoms with Crippen LogP contribution in [0.2, 0.25) is 0 Å². The van der Waals surface area contributed by atoms with Gasteiger partial charge in [-0.05, 0) is 37.3 Å². The van der Waals surface area contributed by atoms with Crippen LogP contribution < -0.4 is 0 Å². The first-order valence-electron chi connectivity index (χ1n) is 5.73.